The number of aromatic nitrogens is 1. The maximum atomic E-state index is 12.2. The molecule has 1 amide bonds. The van der Waals surface area contributed by atoms with Gasteiger partial charge in [0.1, 0.15) is 6.54 Å². The minimum absolute atomic E-state index is 0.127. The number of hydrogen-bond donors (Lipinski definition) is 1. The van der Waals surface area contributed by atoms with Gasteiger partial charge in [-0.2, -0.15) is 0 Å². The predicted molar refractivity (Wildman–Crippen MR) is 75.4 cm³/mol. The van der Waals surface area contributed by atoms with Gasteiger partial charge in [0.15, 0.2) is 0 Å². The third-order valence-corrected chi connectivity index (χ3v) is 2.80. The molecule has 110 valence electrons. The van der Waals surface area contributed by atoms with E-state index in [1.165, 1.54) is 4.90 Å². The van der Waals surface area contributed by atoms with Gasteiger partial charge < -0.3 is 14.9 Å². The van der Waals surface area contributed by atoms with Crippen LogP contribution in [0.15, 0.2) is 18.3 Å². The Morgan fingerprint density at radius 1 is 1.30 bits per heavy atom. The Balaban J connectivity index is 2.69. The predicted octanol–water partition coefficient (Wildman–Crippen LogP) is 0.407. The van der Waals surface area contributed by atoms with E-state index in [1.807, 2.05) is 38.1 Å². The monoisotopic (exact) mass is 279 g/mol. The van der Waals surface area contributed by atoms with Gasteiger partial charge in [0.2, 0.25) is 5.91 Å². The molecule has 1 heterocycles. The zero-order valence-corrected chi connectivity index (χ0v) is 12.2. The van der Waals surface area contributed by atoms with Crippen molar-refractivity contribution in [1.82, 2.24) is 14.8 Å². The van der Waals surface area contributed by atoms with Crippen LogP contribution in [0.4, 0.5) is 0 Å². The largest absolute Gasteiger partial charge is 0.480 e. The smallest absolute Gasteiger partial charge is 0.323 e. The van der Waals surface area contributed by atoms with Crippen LogP contribution in [0.1, 0.15) is 11.3 Å². The lowest BCUT2D eigenvalue weighted by atomic mass is 10.2. The lowest BCUT2D eigenvalue weighted by molar-refractivity contribution is -0.144. The van der Waals surface area contributed by atoms with Crippen molar-refractivity contribution in [2.45, 2.75) is 13.3 Å². The molecular weight excluding hydrogens is 258 g/mol. The van der Waals surface area contributed by atoms with Crippen LogP contribution in [0.25, 0.3) is 0 Å². The molecule has 0 fully saturated rings. The normalized spacial score (nSPS) is 10.6. The van der Waals surface area contributed by atoms with Gasteiger partial charge in [-0.15, -0.1) is 0 Å². The van der Waals surface area contributed by atoms with Crippen molar-refractivity contribution in [3.63, 3.8) is 0 Å². The zero-order chi connectivity index (χ0) is 15.1. The van der Waals surface area contributed by atoms with E-state index in [4.69, 9.17) is 5.11 Å². The second-order valence-corrected chi connectivity index (χ2v) is 5.01. The first-order valence-corrected chi connectivity index (χ1v) is 6.44. The van der Waals surface area contributed by atoms with Crippen molar-refractivity contribution < 1.29 is 14.7 Å². The molecule has 0 atom stereocenters. The Morgan fingerprint density at radius 3 is 2.55 bits per heavy atom. The summed E-state index contributed by atoms with van der Waals surface area (Å²) in [5, 5.41) is 8.89. The Morgan fingerprint density at radius 2 is 2.00 bits per heavy atom. The number of carboxylic acids is 1. The van der Waals surface area contributed by atoms with Crippen molar-refractivity contribution in [3.8, 4) is 0 Å². The SMILES string of the molecule is Cc1ccnc(CC(=O)N(CCN(C)C)CC(=O)O)c1. The number of carboxylic acid groups (broad SMARTS) is 1. The fourth-order valence-corrected chi connectivity index (χ4v) is 1.74. The second-order valence-electron chi connectivity index (χ2n) is 5.01. The number of carbonyl (C=O) groups excluding carboxylic acids is 1. The van der Waals surface area contributed by atoms with Crippen LogP contribution in [-0.2, 0) is 16.0 Å². The van der Waals surface area contributed by atoms with Crippen LogP contribution < -0.4 is 0 Å². The van der Waals surface area contributed by atoms with Crippen LogP contribution >= 0.6 is 0 Å². The van der Waals surface area contributed by atoms with E-state index in [9.17, 15) is 9.59 Å². The minimum atomic E-state index is -1.01. The highest BCUT2D eigenvalue weighted by Gasteiger charge is 2.17. The molecule has 0 saturated carbocycles. The highest BCUT2D eigenvalue weighted by molar-refractivity contribution is 5.82. The number of hydrogen-bond acceptors (Lipinski definition) is 4. The van der Waals surface area contributed by atoms with E-state index in [2.05, 4.69) is 4.98 Å². The summed E-state index contributed by atoms with van der Waals surface area (Å²) < 4.78 is 0. The van der Waals surface area contributed by atoms with Gasteiger partial charge >= 0.3 is 5.97 Å². The maximum absolute atomic E-state index is 12.2. The lowest BCUT2D eigenvalue weighted by Crippen LogP contribution is -2.40. The van der Waals surface area contributed by atoms with Crippen LogP contribution in [0, 0.1) is 6.92 Å². The molecule has 0 aromatic carbocycles. The molecule has 1 rings (SSSR count). The Hall–Kier alpha value is -1.95. The summed E-state index contributed by atoms with van der Waals surface area (Å²) in [5.74, 6) is -1.22. The molecule has 0 aliphatic carbocycles. The number of nitrogens with zero attached hydrogens (tertiary/aromatic N) is 3. The molecule has 0 radical (unpaired) electrons. The van der Waals surface area contributed by atoms with Crippen molar-refractivity contribution in [1.29, 1.82) is 0 Å². The molecule has 0 unspecified atom stereocenters. The number of amides is 1. The summed E-state index contributed by atoms with van der Waals surface area (Å²) in [6.07, 6.45) is 1.78. The number of carbonyl (C=O) groups is 2. The summed E-state index contributed by atoms with van der Waals surface area (Å²) in [4.78, 5) is 30.4. The Labute approximate surface area is 119 Å². The second kappa shape index (κ2) is 7.59. The third-order valence-electron chi connectivity index (χ3n) is 2.80. The van der Waals surface area contributed by atoms with E-state index in [1.54, 1.807) is 6.20 Å². The first kappa shape index (κ1) is 16.1. The lowest BCUT2D eigenvalue weighted by Gasteiger charge is -2.22. The van der Waals surface area contributed by atoms with E-state index in [0.717, 1.165) is 5.56 Å². The number of pyridine rings is 1. The highest BCUT2D eigenvalue weighted by atomic mass is 16.4. The molecule has 0 bridgehead atoms. The van der Waals surface area contributed by atoms with Gasteiger partial charge in [0.25, 0.3) is 0 Å². The molecule has 20 heavy (non-hydrogen) atoms. The van der Waals surface area contributed by atoms with Gasteiger partial charge in [-0.25, -0.2) is 0 Å². The molecule has 0 spiro atoms. The summed E-state index contributed by atoms with van der Waals surface area (Å²) in [7, 11) is 3.76. The van der Waals surface area contributed by atoms with E-state index >= 15 is 0 Å². The van der Waals surface area contributed by atoms with E-state index in [-0.39, 0.29) is 18.9 Å². The molecule has 6 nitrogen and oxygen atoms in total. The zero-order valence-electron chi connectivity index (χ0n) is 12.2. The van der Waals surface area contributed by atoms with Gasteiger partial charge in [-0.1, -0.05) is 0 Å². The molecular formula is C14H21N3O3. The molecule has 1 N–H and O–H groups in total. The number of rotatable bonds is 7. The van der Waals surface area contributed by atoms with Crippen molar-refractivity contribution in [3.05, 3.63) is 29.6 Å². The maximum Gasteiger partial charge on any atom is 0.323 e. The Kier molecular flexibility index (Phi) is 6.11. The number of likely N-dealkylation sites (N-methyl/N-ethyl adjacent to an activating group) is 1. The summed E-state index contributed by atoms with van der Waals surface area (Å²) in [5.41, 5.74) is 1.69. The molecule has 6 heteroatoms. The van der Waals surface area contributed by atoms with Crippen molar-refractivity contribution >= 4 is 11.9 Å². The fraction of sp³-hybridized carbons (Fsp3) is 0.500. The minimum Gasteiger partial charge on any atom is -0.480 e. The topological polar surface area (TPSA) is 73.7 Å². The van der Waals surface area contributed by atoms with Gasteiger partial charge in [-0.3, -0.25) is 14.6 Å². The van der Waals surface area contributed by atoms with Crippen LogP contribution in [0.5, 0.6) is 0 Å². The summed E-state index contributed by atoms with van der Waals surface area (Å²) >= 11 is 0. The summed E-state index contributed by atoms with van der Waals surface area (Å²) in [6, 6.07) is 3.69. The summed E-state index contributed by atoms with van der Waals surface area (Å²) in [6.45, 7) is 2.67. The quantitative estimate of drug-likeness (QED) is 0.782. The van der Waals surface area contributed by atoms with Crippen LogP contribution in [-0.4, -0.2) is 65.5 Å². The molecule has 0 saturated heterocycles. The molecule has 0 aliphatic heterocycles. The molecule has 1 aromatic heterocycles. The van der Waals surface area contributed by atoms with Crippen molar-refractivity contribution in [2.24, 2.45) is 0 Å². The first-order valence-electron chi connectivity index (χ1n) is 6.44. The van der Waals surface area contributed by atoms with Gasteiger partial charge in [0, 0.05) is 25.0 Å². The van der Waals surface area contributed by atoms with Crippen molar-refractivity contribution in [2.75, 3.05) is 33.7 Å². The average Bonchev–Trinajstić information content (AvgIpc) is 2.33. The van der Waals surface area contributed by atoms with E-state index in [0.29, 0.717) is 18.8 Å². The van der Waals surface area contributed by atoms with Crippen LogP contribution in [0.2, 0.25) is 0 Å². The standard InChI is InChI=1S/C14H21N3O3/c1-11-4-5-15-12(8-11)9-13(18)17(10-14(19)20)7-6-16(2)3/h4-5,8H,6-7,9-10H2,1-3H3,(H,19,20). The van der Waals surface area contributed by atoms with Gasteiger partial charge in [0.05, 0.1) is 6.42 Å². The fourth-order valence-electron chi connectivity index (χ4n) is 1.74. The number of aliphatic carboxylic acids is 1. The first-order chi connectivity index (χ1) is 9.38. The third kappa shape index (κ3) is 5.79. The Bertz CT molecular complexity index is 474. The molecule has 0 aliphatic rings. The molecule has 1 aromatic rings. The van der Waals surface area contributed by atoms with Gasteiger partial charge in [-0.05, 0) is 38.7 Å². The highest BCUT2D eigenvalue weighted by Crippen LogP contribution is 2.03. The average molecular weight is 279 g/mol. The van der Waals surface area contributed by atoms with E-state index < -0.39 is 5.97 Å². The number of aryl methyl sites for hydroxylation is 1. The van der Waals surface area contributed by atoms with Crippen LogP contribution in [0.3, 0.4) is 0 Å².